The molecule has 0 saturated carbocycles. The zero-order valence-electron chi connectivity index (χ0n) is 6.69. The molecule has 0 aromatic heterocycles. The Kier molecular flexibility index (Phi) is 1.63. The number of para-hydroxylation sites is 2. The Morgan fingerprint density at radius 3 is 2.25 bits per heavy atom. The molecule has 2 rings (SSSR count). The van der Waals surface area contributed by atoms with E-state index in [4.69, 9.17) is 4.74 Å². The number of fused-ring (bicyclic) bond motifs is 1. The summed E-state index contributed by atoms with van der Waals surface area (Å²) in [6.45, 7) is 0. The van der Waals surface area contributed by atoms with Crippen LogP contribution in [0.25, 0.3) is 0 Å². The van der Waals surface area contributed by atoms with Crippen LogP contribution >= 0.6 is 0 Å². The lowest BCUT2D eigenvalue weighted by atomic mass is 10.3. The van der Waals surface area contributed by atoms with Gasteiger partial charge in [0.05, 0.1) is 17.8 Å². The first-order valence-corrected chi connectivity index (χ1v) is 3.65. The van der Waals surface area contributed by atoms with E-state index in [0.29, 0.717) is 5.82 Å². The summed E-state index contributed by atoms with van der Waals surface area (Å²) in [6, 6.07) is 7.73. The minimum Gasteiger partial charge on any atom is -0.500 e. The number of nitrogens with zero attached hydrogens (tertiary/aromatic N) is 2. The molecule has 0 spiro atoms. The second-order valence-corrected chi connectivity index (χ2v) is 2.42. The molecule has 3 nitrogen and oxygen atoms in total. The van der Waals surface area contributed by atoms with Gasteiger partial charge in [-0.05, 0) is 12.1 Å². The summed E-state index contributed by atoms with van der Waals surface area (Å²) in [5.74, 6) is 0.624. The van der Waals surface area contributed by atoms with Gasteiger partial charge in [-0.15, -0.1) is 0 Å². The van der Waals surface area contributed by atoms with Crippen LogP contribution in [0.5, 0.6) is 0 Å². The normalized spacial score (nSPS) is 12.9. The van der Waals surface area contributed by atoms with Gasteiger partial charge >= 0.3 is 0 Å². The van der Waals surface area contributed by atoms with E-state index in [9.17, 15) is 0 Å². The van der Waals surface area contributed by atoms with Crippen molar-refractivity contribution in [1.82, 2.24) is 0 Å². The predicted molar refractivity (Wildman–Crippen MR) is 43.8 cm³/mol. The molecule has 0 atom stereocenters. The average Bonchev–Trinajstić information content (AvgIpc) is 2.47. The van der Waals surface area contributed by atoms with E-state index >= 15 is 0 Å². The summed E-state index contributed by atoms with van der Waals surface area (Å²) in [6.07, 6.45) is 1.53. The molecule has 0 amide bonds. The molecule has 1 aliphatic rings. The van der Waals surface area contributed by atoms with Gasteiger partial charge in [-0.1, -0.05) is 12.1 Å². The highest BCUT2D eigenvalue weighted by Crippen LogP contribution is 1.98. The molecule has 1 aromatic carbocycles. The molecule has 0 N–H and O–H groups in total. The first-order valence-electron chi connectivity index (χ1n) is 3.65. The van der Waals surface area contributed by atoms with Crippen molar-refractivity contribution < 1.29 is 4.74 Å². The Hall–Kier alpha value is -1.64. The van der Waals surface area contributed by atoms with Crippen molar-refractivity contribution in [2.75, 3.05) is 7.11 Å². The van der Waals surface area contributed by atoms with E-state index in [-0.39, 0.29) is 0 Å². The molecule has 0 unspecified atom stereocenters. The van der Waals surface area contributed by atoms with E-state index in [0.717, 1.165) is 10.7 Å². The van der Waals surface area contributed by atoms with Gasteiger partial charge in [0.1, 0.15) is 6.26 Å². The van der Waals surface area contributed by atoms with Crippen LogP contribution in [0.1, 0.15) is 0 Å². The Morgan fingerprint density at radius 1 is 1.17 bits per heavy atom. The number of methoxy groups -OCH3 is 1. The monoisotopic (exact) mass is 160 g/mol. The fraction of sp³-hybridized carbons (Fsp3) is 0.111. The van der Waals surface area contributed by atoms with Gasteiger partial charge < -0.3 is 4.74 Å². The van der Waals surface area contributed by atoms with E-state index in [1.807, 2.05) is 24.3 Å². The fourth-order valence-electron chi connectivity index (χ4n) is 1.08. The summed E-state index contributed by atoms with van der Waals surface area (Å²) >= 11 is 0. The zero-order valence-corrected chi connectivity index (χ0v) is 6.69. The highest BCUT2D eigenvalue weighted by molar-refractivity contribution is 5.10. The van der Waals surface area contributed by atoms with Gasteiger partial charge in [-0.3, -0.25) is 0 Å². The molecule has 3 heteroatoms. The standard InChI is InChI=1S/C9H8N2O/c1-12-6-9-10-7-4-2-3-5-8(7)11-9/h2-6H,1H3. The maximum Gasteiger partial charge on any atom is 0.188 e. The molecule has 1 heterocycles. The molecule has 0 saturated heterocycles. The number of ether oxygens (including phenoxy) is 1. The molecule has 1 aromatic rings. The smallest absolute Gasteiger partial charge is 0.188 e. The van der Waals surface area contributed by atoms with E-state index in [1.165, 1.54) is 6.26 Å². The molecule has 0 aliphatic carbocycles. The van der Waals surface area contributed by atoms with Gasteiger partial charge in [-0.25, -0.2) is 9.98 Å². The van der Waals surface area contributed by atoms with Crippen molar-refractivity contribution in [3.63, 3.8) is 0 Å². The Labute approximate surface area is 69.7 Å². The van der Waals surface area contributed by atoms with Crippen LogP contribution in [0.2, 0.25) is 0 Å². The van der Waals surface area contributed by atoms with Crippen LogP contribution in [0, 0.1) is 0 Å². The molecule has 12 heavy (non-hydrogen) atoms. The zero-order chi connectivity index (χ0) is 8.39. The largest absolute Gasteiger partial charge is 0.500 e. The lowest BCUT2D eigenvalue weighted by Crippen LogP contribution is -2.19. The summed E-state index contributed by atoms with van der Waals surface area (Å²) in [7, 11) is 1.58. The van der Waals surface area contributed by atoms with Crippen LogP contribution in [-0.2, 0) is 4.74 Å². The molecule has 60 valence electrons. The van der Waals surface area contributed by atoms with Gasteiger partial charge in [0, 0.05) is 0 Å². The van der Waals surface area contributed by atoms with E-state index in [1.54, 1.807) is 7.11 Å². The van der Waals surface area contributed by atoms with Crippen LogP contribution in [0.4, 0.5) is 0 Å². The quantitative estimate of drug-likeness (QED) is 0.547. The maximum atomic E-state index is 4.81. The van der Waals surface area contributed by atoms with Gasteiger partial charge in [0.2, 0.25) is 0 Å². The topological polar surface area (TPSA) is 34.0 Å². The molecule has 0 radical (unpaired) electrons. The molecule has 0 bridgehead atoms. The Balaban J connectivity index is 2.60. The number of rotatable bonds is 1. The SMILES string of the molecule is COC=C1N=c2ccccc2=N1. The van der Waals surface area contributed by atoms with Crippen LogP contribution in [0.15, 0.2) is 46.3 Å². The summed E-state index contributed by atoms with van der Waals surface area (Å²) in [5.41, 5.74) is 0. The number of hydrogen-bond donors (Lipinski definition) is 0. The van der Waals surface area contributed by atoms with Crippen LogP contribution in [0.3, 0.4) is 0 Å². The lowest BCUT2D eigenvalue weighted by Gasteiger charge is -1.85. The number of benzene rings is 1. The highest BCUT2D eigenvalue weighted by atomic mass is 16.5. The first-order chi connectivity index (χ1) is 5.90. The predicted octanol–water partition coefficient (Wildman–Crippen LogP) is 0.385. The van der Waals surface area contributed by atoms with Crippen LogP contribution in [-0.4, -0.2) is 7.11 Å². The van der Waals surface area contributed by atoms with Gasteiger partial charge in [0.25, 0.3) is 0 Å². The van der Waals surface area contributed by atoms with Crippen molar-refractivity contribution in [2.24, 2.45) is 9.98 Å². The van der Waals surface area contributed by atoms with Gasteiger partial charge in [-0.2, -0.15) is 0 Å². The van der Waals surface area contributed by atoms with Crippen molar-refractivity contribution in [3.8, 4) is 0 Å². The second kappa shape index (κ2) is 2.77. The number of hydrogen-bond acceptors (Lipinski definition) is 3. The van der Waals surface area contributed by atoms with E-state index < -0.39 is 0 Å². The molecular weight excluding hydrogens is 152 g/mol. The van der Waals surface area contributed by atoms with Crippen molar-refractivity contribution in [1.29, 1.82) is 0 Å². The molecular formula is C9H8N2O. The lowest BCUT2D eigenvalue weighted by molar-refractivity contribution is 0.333. The second-order valence-electron chi connectivity index (χ2n) is 2.42. The highest BCUT2D eigenvalue weighted by Gasteiger charge is 1.99. The third-order valence-electron chi connectivity index (χ3n) is 1.57. The minimum atomic E-state index is 0.624. The Bertz CT molecular complexity index is 397. The summed E-state index contributed by atoms with van der Waals surface area (Å²) < 4.78 is 4.81. The molecule has 1 aliphatic heterocycles. The third-order valence-corrected chi connectivity index (χ3v) is 1.57. The summed E-state index contributed by atoms with van der Waals surface area (Å²) in [5, 5.41) is 1.81. The third kappa shape index (κ3) is 1.09. The van der Waals surface area contributed by atoms with Crippen molar-refractivity contribution >= 4 is 0 Å². The average molecular weight is 160 g/mol. The molecule has 0 fully saturated rings. The summed E-state index contributed by atoms with van der Waals surface area (Å²) in [4.78, 5) is 8.42. The minimum absolute atomic E-state index is 0.624. The fourth-order valence-corrected chi connectivity index (χ4v) is 1.08. The Morgan fingerprint density at radius 2 is 1.75 bits per heavy atom. The van der Waals surface area contributed by atoms with Gasteiger partial charge in [0.15, 0.2) is 5.82 Å². The van der Waals surface area contributed by atoms with Crippen molar-refractivity contribution in [3.05, 3.63) is 47.1 Å². The van der Waals surface area contributed by atoms with Crippen LogP contribution < -0.4 is 10.7 Å². The van der Waals surface area contributed by atoms with E-state index in [2.05, 4.69) is 9.98 Å². The maximum absolute atomic E-state index is 4.81. The first kappa shape index (κ1) is 7.03. The van der Waals surface area contributed by atoms with Crippen molar-refractivity contribution in [2.45, 2.75) is 0 Å².